The number of nitrogens with two attached hydrogens (primary N) is 1. The Labute approximate surface area is 95.1 Å². The molecule has 0 aliphatic carbocycles. The maximum Gasteiger partial charge on any atom is 0.0963 e. The summed E-state index contributed by atoms with van der Waals surface area (Å²) in [5, 5.41) is 9.88. The Bertz CT molecular complexity index is 304. The molecule has 0 bridgehead atoms. The Kier molecular flexibility index (Phi) is 5.08. The lowest BCUT2D eigenvalue weighted by atomic mass is 10.1. The molecular formula is C11H18N2OS. The monoisotopic (exact) mass is 226 g/mol. The summed E-state index contributed by atoms with van der Waals surface area (Å²) in [6.45, 7) is 4.20. The third kappa shape index (κ3) is 4.20. The molecule has 84 valence electrons. The van der Waals surface area contributed by atoms with Crippen LogP contribution in [0.4, 0.5) is 0 Å². The van der Waals surface area contributed by atoms with Gasteiger partial charge in [-0.3, -0.25) is 0 Å². The molecule has 2 atom stereocenters. The molecule has 1 aromatic rings. The molecule has 15 heavy (non-hydrogen) atoms. The van der Waals surface area contributed by atoms with E-state index in [2.05, 4.69) is 4.98 Å². The number of aromatic nitrogens is 1. The number of pyridine rings is 1. The standard InChI is InChI=1S/C11H18N2OS/c1-8(6-14)7-15-11-5-10(9(2)12)3-4-13-11/h3-5,8-9,14H,6-7,12H2,1-2H3/t8?,9-/m0/s1. The highest BCUT2D eigenvalue weighted by Gasteiger charge is 2.04. The Hall–Kier alpha value is -0.580. The van der Waals surface area contributed by atoms with Gasteiger partial charge in [0, 0.05) is 24.6 Å². The minimum atomic E-state index is 0.0441. The van der Waals surface area contributed by atoms with Crippen LogP contribution in [0.25, 0.3) is 0 Å². The largest absolute Gasteiger partial charge is 0.396 e. The zero-order valence-corrected chi connectivity index (χ0v) is 10.00. The number of nitrogens with zero attached hydrogens (tertiary/aromatic N) is 1. The second kappa shape index (κ2) is 6.10. The Morgan fingerprint density at radius 1 is 1.53 bits per heavy atom. The highest BCUT2D eigenvalue weighted by molar-refractivity contribution is 7.99. The van der Waals surface area contributed by atoms with Crippen molar-refractivity contribution >= 4 is 11.8 Å². The predicted octanol–water partition coefficient (Wildman–Crippen LogP) is 1.82. The molecule has 0 radical (unpaired) electrons. The highest BCUT2D eigenvalue weighted by Crippen LogP contribution is 2.21. The lowest BCUT2D eigenvalue weighted by Crippen LogP contribution is -2.06. The first-order chi connectivity index (χ1) is 7.13. The SMILES string of the molecule is CC(CO)CSc1cc([C@H](C)N)ccn1. The molecule has 0 aromatic carbocycles. The zero-order valence-electron chi connectivity index (χ0n) is 9.18. The Morgan fingerprint density at radius 2 is 2.27 bits per heavy atom. The van der Waals surface area contributed by atoms with E-state index in [1.165, 1.54) is 0 Å². The van der Waals surface area contributed by atoms with E-state index in [1.54, 1.807) is 18.0 Å². The van der Waals surface area contributed by atoms with Crippen molar-refractivity contribution in [2.75, 3.05) is 12.4 Å². The topological polar surface area (TPSA) is 59.1 Å². The van der Waals surface area contributed by atoms with E-state index in [0.717, 1.165) is 16.3 Å². The van der Waals surface area contributed by atoms with Gasteiger partial charge in [-0.05, 0) is 30.5 Å². The predicted molar refractivity (Wildman–Crippen MR) is 63.8 cm³/mol. The molecule has 1 rings (SSSR count). The van der Waals surface area contributed by atoms with Gasteiger partial charge in [0.15, 0.2) is 0 Å². The summed E-state index contributed by atoms with van der Waals surface area (Å²) in [7, 11) is 0. The maximum absolute atomic E-state index is 8.90. The van der Waals surface area contributed by atoms with Gasteiger partial charge >= 0.3 is 0 Å². The van der Waals surface area contributed by atoms with Crippen LogP contribution in [0.2, 0.25) is 0 Å². The molecule has 0 aliphatic rings. The minimum absolute atomic E-state index is 0.0441. The lowest BCUT2D eigenvalue weighted by Gasteiger charge is -2.09. The van der Waals surface area contributed by atoms with E-state index in [1.807, 2.05) is 26.0 Å². The summed E-state index contributed by atoms with van der Waals surface area (Å²) >= 11 is 1.66. The number of hydrogen-bond acceptors (Lipinski definition) is 4. The highest BCUT2D eigenvalue weighted by atomic mass is 32.2. The van der Waals surface area contributed by atoms with Crippen LogP contribution in [0, 0.1) is 5.92 Å². The average molecular weight is 226 g/mol. The van der Waals surface area contributed by atoms with Gasteiger partial charge in [0.1, 0.15) is 0 Å². The lowest BCUT2D eigenvalue weighted by molar-refractivity contribution is 0.250. The van der Waals surface area contributed by atoms with E-state index in [9.17, 15) is 0 Å². The van der Waals surface area contributed by atoms with Crippen LogP contribution in [0.5, 0.6) is 0 Å². The molecular weight excluding hydrogens is 208 g/mol. The van der Waals surface area contributed by atoms with Crippen molar-refractivity contribution in [3.05, 3.63) is 23.9 Å². The van der Waals surface area contributed by atoms with Crippen LogP contribution in [0.15, 0.2) is 23.4 Å². The minimum Gasteiger partial charge on any atom is -0.396 e. The van der Waals surface area contributed by atoms with Gasteiger partial charge in [0.25, 0.3) is 0 Å². The van der Waals surface area contributed by atoms with Crippen LogP contribution in [0.3, 0.4) is 0 Å². The first kappa shape index (κ1) is 12.5. The summed E-state index contributed by atoms with van der Waals surface area (Å²) in [6, 6.07) is 3.99. The second-order valence-electron chi connectivity index (χ2n) is 3.81. The number of hydrogen-bond donors (Lipinski definition) is 2. The van der Waals surface area contributed by atoms with Gasteiger partial charge in [0.05, 0.1) is 5.03 Å². The summed E-state index contributed by atoms with van der Waals surface area (Å²) < 4.78 is 0. The molecule has 0 saturated heterocycles. The van der Waals surface area contributed by atoms with E-state index >= 15 is 0 Å². The second-order valence-corrected chi connectivity index (χ2v) is 4.86. The molecule has 4 heteroatoms. The van der Waals surface area contributed by atoms with Gasteiger partial charge in [-0.1, -0.05) is 6.92 Å². The van der Waals surface area contributed by atoms with E-state index in [0.29, 0.717) is 5.92 Å². The average Bonchev–Trinajstić information content (AvgIpc) is 2.26. The van der Waals surface area contributed by atoms with Crippen LogP contribution < -0.4 is 5.73 Å². The van der Waals surface area contributed by atoms with E-state index in [4.69, 9.17) is 10.8 Å². The summed E-state index contributed by atoms with van der Waals surface area (Å²) in [4.78, 5) is 4.25. The summed E-state index contributed by atoms with van der Waals surface area (Å²) in [5.74, 6) is 1.18. The maximum atomic E-state index is 8.90. The van der Waals surface area contributed by atoms with Crippen LogP contribution >= 0.6 is 11.8 Å². The zero-order chi connectivity index (χ0) is 11.3. The number of aliphatic hydroxyl groups excluding tert-OH is 1. The normalized spacial score (nSPS) is 14.9. The molecule has 1 heterocycles. The fourth-order valence-corrected chi connectivity index (χ4v) is 1.98. The van der Waals surface area contributed by atoms with Gasteiger partial charge in [-0.25, -0.2) is 4.98 Å². The number of rotatable bonds is 5. The van der Waals surface area contributed by atoms with Crippen LogP contribution in [0.1, 0.15) is 25.5 Å². The van der Waals surface area contributed by atoms with Crippen molar-refractivity contribution in [3.63, 3.8) is 0 Å². The van der Waals surface area contributed by atoms with Crippen molar-refractivity contribution in [3.8, 4) is 0 Å². The van der Waals surface area contributed by atoms with Gasteiger partial charge < -0.3 is 10.8 Å². The molecule has 1 aromatic heterocycles. The van der Waals surface area contributed by atoms with E-state index in [-0.39, 0.29) is 12.6 Å². The van der Waals surface area contributed by atoms with Crippen molar-refractivity contribution < 1.29 is 5.11 Å². The third-order valence-electron chi connectivity index (χ3n) is 2.11. The van der Waals surface area contributed by atoms with Gasteiger partial charge in [-0.2, -0.15) is 0 Å². The molecule has 3 N–H and O–H groups in total. The molecule has 3 nitrogen and oxygen atoms in total. The molecule has 0 amide bonds. The number of thioether (sulfide) groups is 1. The first-order valence-electron chi connectivity index (χ1n) is 5.08. The van der Waals surface area contributed by atoms with Crippen LogP contribution in [-0.4, -0.2) is 22.5 Å². The summed E-state index contributed by atoms with van der Waals surface area (Å²) in [5.41, 5.74) is 6.89. The van der Waals surface area contributed by atoms with Crippen molar-refractivity contribution in [2.45, 2.75) is 24.9 Å². The fourth-order valence-electron chi connectivity index (χ4n) is 1.07. The smallest absolute Gasteiger partial charge is 0.0963 e. The molecule has 1 unspecified atom stereocenters. The molecule has 0 spiro atoms. The van der Waals surface area contributed by atoms with Gasteiger partial charge in [0.2, 0.25) is 0 Å². The first-order valence-corrected chi connectivity index (χ1v) is 6.07. The van der Waals surface area contributed by atoms with Crippen LogP contribution in [-0.2, 0) is 0 Å². The molecule has 0 aliphatic heterocycles. The summed E-state index contributed by atoms with van der Waals surface area (Å²) in [6.07, 6.45) is 1.78. The van der Waals surface area contributed by atoms with E-state index < -0.39 is 0 Å². The van der Waals surface area contributed by atoms with Crippen molar-refractivity contribution in [1.82, 2.24) is 4.98 Å². The molecule has 0 fully saturated rings. The molecule has 0 saturated carbocycles. The quantitative estimate of drug-likeness (QED) is 0.752. The van der Waals surface area contributed by atoms with Gasteiger partial charge in [-0.15, -0.1) is 11.8 Å². The van der Waals surface area contributed by atoms with Crippen molar-refractivity contribution in [1.29, 1.82) is 0 Å². The Balaban J connectivity index is 2.58. The fraction of sp³-hybridized carbons (Fsp3) is 0.545. The number of aliphatic hydroxyl groups is 1. The third-order valence-corrected chi connectivity index (χ3v) is 3.37. The Morgan fingerprint density at radius 3 is 2.87 bits per heavy atom. The van der Waals surface area contributed by atoms with Crippen molar-refractivity contribution in [2.24, 2.45) is 11.7 Å².